The summed E-state index contributed by atoms with van der Waals surface area (Å²) >= 11 is 1.82. The van der Waals surface area contributed by atoms with Gasteiger partial charge in [-0.2, -0.15) is 0 Å². The minimum Gasteiger partial charge on any atom is -0.473 e. The van der Waals surface area contributed by atoms with E-state index in [-0.39, 0.29) is 0 Å². The van der Waals surface area contributed by atoms with Crippen molar-refractivity contribution < 1.29 is 4.74 Å². The van der Waals surface area contributed by atoms with Crippen molar-refractivity contribution in [2.24, 2.45) is 0 Å². The number of fused-ring (bicyclic) bond motifs is 3. The highest BCUT2D eigenvalue weighted by Crippen LogP contribution is 2.47. The zero-order valence-electron chi connectivity index (χ0n) is 20.2. The molecule has 0 radical (unpaired) electrons. The van der Waals surface area contributed by atoms with Crippen LogP contribution in [0.2, 0.25) is 0 Å². The molecule has 0 N–H and O–H groups in total. The summed E-state index contributed by atoms with van der Waals surface area (Å²) in [6.07, 6.45) is 4.46. The average Bonchev–Trinajstić information content (AvgIpc) is 3.48. The van der Waals surface area contributed by atoms with Gasteiger partial charge in [0.25, 0.3) is 0 Å². The van der Waals surface area contributed by atoms with E-state index < -0.39 is 5.60 Å². The lowest BCUT2D eigenvalue weighted by atomic mass is 9.83. The Morgan fingerprint density at radius 3 is 1.78 bits per heavy atom. The Morgan fingerprint density at radius 1 is 0.541 bits per heavy atom. The fraction of sp³-hybridized carbons (Fsp3) is 0.0286. The van der Waals surface area contributed by atoms with Crippen molar-refractivity contribution >= 4 is 28.2 Å². The molecule has 0 fully saturated rings. The lowest BCUT2D eigenvalue weighted by Crippen LogP contribution is -2.34. The summed E-state index contributed by atoms with van der Waals surface area (Å²) in [5.41, 5.74) is 5.10. The first-order valence-corrected chi connectivity index (χ1v) is 13.3. The van der Waals surface area contributed by atoms with Gasteiger partial charge in [0.2, 0.25) is 0 Å². The Morgan fingerprint density at radius 2 is 1.11 bits per heavy atom. The van der Waals surface area contributed by atoms with E-state index in [9.17, 15) is 0 Å². The summed E-state index contributed by atoms with van der Waals surface area (Å²) in [4.78, 5) is 2.50. The molecule has 0 aliphatic carbocycles. The van der Waals surface area contributed by atoms with E-state index in [2.05, 4.69) is 146 Å². The summed E-state index contributed by atoms with van der Waals surface area (Å²) in [6, 6.07) is 47.0. The van der Waals surface area contributed by atoms with Gasteiger partial charge >= 0.3 is 0 Å². The zero-order valence-corrected chi connectivity index (χ0v) is 21.0. The van der Waals surface area contributed by atoms with Crippen LogP contribution in [0.1, 0.15) is 16.7 Å². The van der Waals surface area contributed by atoms with Crippen LogP contribution < -0.4 is 4.74 Å². The lowest BCUT2D eigenvalue weighted by molar-refractivity contribution is 0.161. The topological polar surface area (TPSA) is 9.23 Å². The second-order valence-electron chi connectivity index (χ2n) is 9.31. The largest absolute Gasteiger partial charge is 0.473 e. The third kappa shape index (κ3) is 3.69. The van der Waals surface area contributed by atoms with Crippen LogP contribution in [0.25, 0.3) is 37.7 Å². The molecule has 2 heteroatoms. The third-order valence-corrected chi connectivity index (χ3v) is 8.31. The Labute approximate surface area is 220 Å². The highest BCUT2D eigenvalue weighted by atomic mass is 32.1. The fourth-order valence-corrected chi connectivity index (χ4v) is 6.37. The van der Waals surface area contributed by atoms with Crippen LogP contribution in [0.4, 0.5) is 0 Å². The highest BCUT2D eigenvalue weighted by Gasteiger charge is 2.37. The van der Waals surface area contributed by atoms with E-state index in [1.54, 1.807) is 0 Å². The predicted molar refractivity (Wildman–Crippen MR) is 156 cm³/mol. The number of hydrogen-bond acceptors (Lipinski definition) is 2. The molecule has 0 saturated heterocycles. The maximum absolute atomic E-state index is 7.07. The van der Waals surface area contributed by atoms with Crippen LogP contribution >= 0.6 is 11.3 Å². The van der Waals surface area contributed by atoms with Crippen LogP contribution in [0.5, 0.6) is 5.75 Å². The summed E-state index contributed by atoms with van der Waals surface area (Å²) in [6.45, 7) is 0. The molecule has 0 amide bonds. The van der Waals surface area contributed by atoms with E-state index in [1.807, 2.05) is 11.3 Å². The third-order valence-electron chi connectivity index (χ3n) is 7.14. The predicted octanol–water partition coefficient (Wildman–Crippen LogP) is 9.58. The first-order valence-electron chi connectivity index (χ1n) is 12.5. The van der Waals surface area contributed by atoms with Crippen molar-refractivity contribution in [1.29, 1.82) is 0 Å². The quantitative estimate of drug-likeness (QED) is 0.238. The molecule has 5 aromatic carbocycles. The molecule has 1 aliphatic heterocycles. The van der Waals surface area contributed by atoms with Crippen molar-refractivity contribution in [2.45, 2.75) is 5.60 Å². The van der Waals surface area contributed by atoms with E-state index in [4.69, 9.17) is 4.74 Å². The Kier molecular flexibility index (Phi) is 5.27. The number of rotatable bonds is 4. The molecule has 0 atom stereocenters. The number of ether oxygens (including phenoxy) is 1. The van der Waals surface area contributed by atoms with Gasteiger partial charge in [-0.25, -0.2) is 0 Å². The number of thiophene rings is 1. The molecular weight excluding hydrogens is 468 g/mol. The van der Waals surface area contributed by atoms with Gasteiger partial charge < -0.3 is 4.74 Å². The lowest BCUT2D eigenvalue weighted by Gasteiger charge is -2.36. The van der Waals surface area contributed by atoms with Crippen LogP contribution in [-0.2, 0) is 5.60 Å². The molecule has 1 aliphatic rings. The fourth-order valence-electron chi connectivity index (χ4n) is 5.33. The van der Waals surface area contributed by atoms with E-state index >= 15 is 0 Å². The smallest absolute Gasteiger partial charge is 0.178 e. The van der Waals surface area contributed by atoms with Gasteiger partial charge in [0.1, 0.15) is 5.75 Å². The molecule has 0 bridgehead atoms. The normalized spacial score (nSPS) is 13.7. The first kappa shape index (κ1) is 21.8. The SMILES string of the molecule is C1=CC(c2ccccc2)(c2ccccc2)Oc2cc(-c3ccc(-c4ccccc4)s3)c3ccccc3c21. The molecule has 0 unspecified atom stereocenters. The molecule has 7 rings (SSSR count). The molecule has 6 aromatic rings. The molecule has 0 spiro atoms. The van der Waals surface area contributed by atoms with Crippen LogP contribution in [-0.4, -0.2) is 0 Å². The minimum absolute atomic E-state index is 0.695. The summed E-state index contributed by atoms with van der Waals surface area (Å²) < 4.78 is 7.07. The highest BCUT2D eigenvalue weighted by molar-refractivity contribution is 7.18. The van der Waals surface area contributed by atoms with Gasteiger partial charge in [0.15, 0.2) is 5.60 Å². The maximum Gasteiger partial charge on any atom is 0.178 e. The van der Waals surface area contributed by atoms with Gasteiger partial charge in [0.05, 0.1) is 0 Å². The van der Waals surface area contributed by atoms with Crippen molar-refractivity contribution in [3.63, 3.8) is 0 Å². The first-order chi connectivity index (χ1) is 18.3. The zero-order chi connectivity index (χ0) is 24.7. The summed E-state index contributed by atoms with van der Waals surface area (Å²) in [5.74, 6) is 0.901. The Hall–Kier alpha value is -4.40. The van der Waals surface area contributed by atoms with Crippen LogP contribution in [0.15, 0.2) is 140 Å². The monoisotopic (exact) mass is 492 g/mol. The minimum atomic E-state index is -0.695. The standard InChI is InChI=1S/C35H24OS/c1-4-12-25(13-5-1)33-20-21-34(37-33)31-24-32-30(28-18-10-11-19-29(28)31)22-23-35(36-32,26-14-6-2-7-15-26)27-16-8-3-9-17-27/h1-24H. The molecule has 1 nitrogen and oxygen atoms in total. The van der Waals surface area contributed by atoms with Crippen molar-refractivity contribution in [3.8, 4) is 26.6 Å². The maximum atomic E-state index is 7.07. The van der Waals surface area contributed by atoms with Gasteiger partial charge in [-0.15, -0.1) is 11.3 Å². The number of benzene rings is 5. The number of hydrogen-bond donors (Lipinski definition) is 0. The van der Waals surface area contributed by atoms with Gasteiger partial charge in [-0.05, 0) is 46.7 Å². The van der Waals surface area contributed by atoms with E-state index in [0.29, 0.717) is 0 Å². The second-order valence-corrected chi connectivity index (χ2v) is 10.4. The summed E-state index contributed by atoms with van der Waals surface area (Å²) in [7, 11) is 0. The molecule has 0 saturated carbocycles. The molecule has 2 heterocycles. The second kappa shape index (κ2) is 8.92. The molecule has 176 valence electrons. The van der Waals surface area contributed by atoms with Gasteiger partial charge in [-0.3, -0.25) is 0 Å². The van der Waals surface area contributed by atoms with E-state index in [1.165, 1.54) is 31.7 Å². The Balaban J connectivity index is 1.43. The molecular formula is C35H24OS. The summed E-state index contributed by atoms with van der Waals surface area (Å²) in [5, 5.41) is 2.44. The van der Waals surface area contributed by atoms with Crippen LogP contribution in [0, 0.1) is 0 Å². The van der Waals surface area contributed by atoms with Crippen molar-refractivity contribution in [1.82, 2.24) is 0 Å². The van der Waals surface area contributed by atoms with E-state index in [0.717, 1.165) is 22.4 Å². The van der Waals surface area contributed by atoms with Crippen LogP contribution in [0.3, 0.4) is 0 Å². The average molecular weight is 493 g/mol. The van der Waals surface area contributed by atoms with Gasteiger partial charge in [0, 0.05) is 32.0 Å². The molecule has 37 heavy (non-hydrogen) atoms. The van der Waals surface area contributed by atoms with Crippen molar-refractivity contribution in [2.75, 3.05) is 0 Å². The van der Waals surface area contributed by atoms with Crippen molar-refractivity contribution in [3.05, 3.63) is 156 Å². The Bertz CT molecular complexity index is 1690. The molecule has 1 aromatic heterocycles. The van der Waals surface area contributed by atoms with Gasteiger partial charge in [-0.1, -0.05) is 115 Å².